The number of hydrogen-bond acceptors (Lipinski definition) is 5. The van der Waals surface area contributed by atoms with Crippen molar-refractivity contribution in [2.24, 2.45) is 13.0 Å². The lowest BCUT2D eigenvalue weighted by atomic mass is 10.0. The molecule has 3 aromatic heterocycles. The van der Waals surface area contributed by atoms with Crippen molar-refractivity contribution in [3.8, 4) is 16.5 Å². The van der Waals surface area contributed by atoms with Gasteiger partial charge in [0.1, 0.15) is 11.9 Å². The molecule has 2 atom stereocenters. The van der Waals surface area contributed by atoms with Crippen molar-refractivity contribution in [2.45, 2.75) is 39.2 Å². The standard InChI is InChI=1S/C19H21N3O2S/c1-11-4-7-18(25-11)17-9-16-15(10-22(3)21-16)19(20-17)24-12(2)13-5-6-14(23)8-13/h4,7,9-10,12-13H,5-6,8H2,1-3H3/t12-,13+/m1/s1. The molecule has 1 saturated carbocycles. The normalized spacial score (nSPS) is 18.8. The molecule has 25 heavy (non-hydrogen) atoms. The van der Waals surface area contributed by atoms with Crippen LogP contribution in [0.2, 0.25) is 0 Å². The SMILES string of the molecule is Cc1ccc(-c2cc3nn(C)cc3c(O[C@H](C)[C@H]3CCC(=O)C3)n2)s1. The van der Waals surface area contributed by atoms with Crippen molar-refractivity contribution in [3.05, 3.63) is 29.3 Å². The number of nitrogens with zero attached hydrogens (tertiary/aromatic N) is 3. The lowest BCUT2D eigenvalue weighted by molar-refractivity contribution is -0.117. The van der Waals surface area contributed by atoms with E-state index in [1.165, 1.54) is 4.88 Å². The summed E-state index contributed by atoms with van der Waals surface area (Å²) < 4.78 is 8.01. The predicted molar refractivity (Wildman–Crippen MR) is 99.0 cm³/mol. The highest BCUT2D eigenvalue weighted by Crippen LogP contribution is 2.34. The van der Waals surface area contributed by atoms with E-state index in [-0.39, 0.29) is 12.0 Å². The summed E-state index contributed by atoms with van der Waals surface area (Å²) in [5.41, 5.74) is 1.76. The Bertz CT molecular complexity index is 943. The highest BCUT2D eigenvalue weighted by Gasteiger charge is 2.29. The van der Waals surface area contributed by atoms with Gasteiger partial charge in [0.15, 0.2) is 0 Å². The second-order valence-corrected chi connectivity index (χ2v) is 8.11. The summed E-state index contributed by atoms with van der Waals surface area (Å²) in [5.74, 6) is 1.22. The molecular weight excluding hydrogens is 334 g/mol. The van der Waals surface area contributed by atoms with Crippen LogP contribution in [0.4, 0.5) is 0 Å². The zero-order valence-electron chi connectivity index (χ0n) is 14.7. The van der Waals surface area contributed by atoms with Gasteiger partial charge in [-0.1, -0.05) is 0 Å². The molecule has 1 aliphatic rings. The average Bonchev–Trinajstić information content (AvgIpc) is 3.26. The van der Waals surface area contributed by atoms with E-state index < -0.39 is 0 Å². The third-order valence-electron chi connectivity index (χ3n) is 4.82. The van der Waals surface area contributed by atoms with Gasteiger partial charge < -0.3 is 4.74 Å². The predicted octanol–water partition coefficient (Wildman–Crippen LogP) is 4.14. The van der Waals surface area contributed by atoms with Crippen LogP contribution in [0.15, 0.2) is 24.4 Å². The first-order valence-corrected chi connectivity index (χ1v) is 9.41. The molecule has 5 nitrogen and oxygen atoms in total. The first-order chi connectivity index (χ1) is 12.0. The van der Waals surface area contributed by atoms with Gasteiger partial charge in [0.25, 0.3) is 0 Å². The molecule has 1 fully saturated rings. The first-order valence-electron chi connectivity index (χ1n) is 8.59. The first kappa shape index (κ1) is 16.3. The summed E-state index contributed by atoms with van der Waals surface area (Å²) in [6.45, 7) is 4.12. The molecule has 3 heterocycles. The Labute approximate surface area is 150 Å². The van der Waals surface area contributed by atoms with Gasteiger partial charge in [0.05, 0.1) is 21.5 Å². The van der Waals surface area contributed by atoms with Crippen LogP contribution in [0, 0.1) is 12.8 Å². The summed E-state index contributed by atoms with van der Waals surface area (Å²) in [6, 6.07) is 6.19. The van der Waals surface area contributed by atoms with E-state index in [1.807, 2.05) is 26.2 Å². The van der Waals surface area contributed by atoms with E-state index in [0.29, 0.717) is 24.5 Å². The van der Waals surface area contributed by atoms with Gasteiger partial charge in [-0.15, -0.1) is 11.3 Å². The van der Waals surface area contributed by atoms with Crippen LogP contribution in [-0.2, 0) is 11.8 Å². The van der Waals surface area contributed by atoms with Crippen LogP contribution < -0.4 is 4.74 Å². The average molecular weight is 355 g/mol. The Morgan fingerprint density at radius 1 is 1.40 bits per heavy atom. The van der Waals surface area contributed by atoms with E-state index in [9.17, 15) is 4.79 Å². The zero-order valence-corrected chi connectivity index (χ0v) is 15.5. The van der Waals surface area contributed by atoms with Crippen LogP contribution in [0.1, 0.15) is 31.1 Å². The van der Waals surface area contributed by atoms with Gasteiger partial charge in [0.2, 0.25) is 5.88 Å². The molecule has 4 rings (SSSR count). The molecule has 6 heteroatoms. The monoisotopic (exact) mass is 355 g/mol. The number of aromatic nitrogens is 3. The molecular formula is C19H21N3O2S. The largest absolute Gasteiger partial charge is 0.474 e. The van der Waals surface area contributed by atoms with Crippen molar-refractivity contribution in [1.82, 2.24) is 14.8 Å². The molecule has 0 radical (unpaired) electrons. The number of hydrogen-bond donors (Lipinski definition) is 0. The minimum Gasteiger partial charge on any atom is -0.474 e. The van der Waals surface area contributed by atoms with Gasteiger partial charge in [-0.2, -0.15) is 5.10 Å². The summed E-state index contributed by atoms with van der Waals surface area (Å²) in [6.07, 6.45) is 4.08. The maximum Gasteiger partial charge on any atom is 0.225 e. The Balaban J connectivity index is 1.72. The Morgan fingerprint density at radius 3 is 2.92 bits per heavy atom. The molecule has 0 saturated heterocycles. The van der Waals surface area contributed by atoms with Crippen LogP contribution in [0.5, 0.6) is 5.88 Å². The van der Waals surface area contributed by atoms with Crippen molar-refractivity contribution in [3.63, 3.8) is 0 Å². The molecule has 3 aromatic rings. The Morgan fingerprint density at radius 2 is 2.24 bits per heavy atom. The van der Waals surface area contributed by atoms with E-state index >= 15 is 0 Å². The third-order valence-corrected chi connectivity index (χ3v) is 5.84. The minimum absolute atomic E-state index is 0.0392. The highest BCUT2D eigenvalue weighted by atomic mass is 32.1. The topological polar surface area (TPSA) is 57.0 Å². The van der Waals surface area contributed by atoms with E-state index in [4.69, 9.17) is 9.72 Å². The zero-order chi connectivity index (χ0) is 17.6. The summed E-state index contributed by atoms with van der Waals surface area (Å²) in [7, 11) is 1.90. The van der Waals surface area contributed by atoms with Gasteiger partial charge in [-0.05, 0) is 38.5 Å². The molecule has 0 bridgehead atoms. The number of aryl methyl sites for hydroxylation is 2. The van der Waals surface area contributed by atoms with Crippen LogP contribution in [0.25, 0.3) is 21.5 Å². The fraction of sp³-hybridized carbons (Fsp3) is 0.421. The van der Waals surface area contributed by atoms with E-state index in [0.717, 1.165) is 27.9 Å². The molecule has 0 aromatic carbocycles. The molecule has 0 spiro atoms. The van der Waals surface area contributed by atoms with Crippen molar-refractivity contribution in [1.29, 1.82) is 0 Å². The number of pyridine rings is 1. The molecule has 130 valence electrons. The fourth-order valence-electron chi connectivity index (χ4n) is 3.41. The van der Waals surface area contributed by atoms with Gasteiger partial charge in [0, 0.05) is 36.9 Å². The van der Waals surface area contributed by atoms with Crippen molar-refractivity contribution < 1.29 is 9.53 Å². The Hall–Kier alpha value is -2.21. The maximum atomic E-state index is 11.6. The molecule has 0 amide bonds. The number of rotatable bonds is 4. The van der Waals surface area contributed by atoms with Gasteiger partial charge in [-0.3, -0.25) is 9.48 Å². The summed E-state index contributed by atoms with van der Waals surface area (Å²) in [4.78, 5) is 18.7. The van der Waals surface area contributed by atoms with Gasteiger partial charge in [-0.25, -0.2) is 4.98 Å². The minimum atomic E-state index is -0.0392. The van der Waals surface area contributed by atoms with Crippen LogP contribution in [-0.4, -0.2) is 26.7 Å². The van der Waals surface area contributed by atoms with E-state index in [1.54, 1.807) is 16.0 Å². The molecule has 0 N–H and O–H groups in total. The van der Waals surface area contributed by atoms with Gasteiger partial charge >= 0.3 is 0 Å². The molecule has 0 aliphatic heterocycles. The van der Waals surface area contributed by atoms with Crippen LogP contribution in [0.3, 0.4) is 0 Å². The third kappa shape index (κ3) is 3.18. The Kier molecular flexibility index (Phi) is 4.07. The highest BCUT2D eigenvalue weighted by molar-refractivity contribution is 7.15. The number of ether oxygens (including phenoxy) is 1. The number of Topliss-reactive ketones (excluding diaryl/α,β-unsaturated/α-hetero) is 1. The van der Waals surface area contributed by atoms with Crippen molar-refractivity contribution >= 4 is 28.0 Å². The number of thiophene rings is 1. The maximum absolute atomic E-state index is 11.6. The quantitative estimate of drug-likeness (QED) is 0.706. The number of fused-ring (bicyclic) bond motifs is 1. The lowest BCUT2D eigenvalue weighted by Gasteiger charge is -2.20. The summed E-state index contributed by atoms with van der Waals surface area (Å²) >= 11 is 1.71. The summed E-state index contributed by atoms with van der Waals surface area (Å²) in [5, 5.41) is 5.44. The smallest absolute Gasteiger partial charge is 0.225 e. The number of carbonyl (C=O) groups is 1. The molecule has 1 aliphatic carbocycles. The van der Waals surface area contributed by atoms with E-state index in [2.05, 4.69) is 24.2 Å². The lowest BCUT2D eigenvalue weighted by Crippen LogP contribution is -2.22. The number of carbonyl (C=O) groups excluding carboxylic acids is 1. The second-order valence-electron chi connectivity index (χ2n) is 6.82. The number of ketones is 1. The van der Waals surface area contributed by atoms with Crippen LogP contribution >= 0.6 is 11.3 Å². The second kappa shape index (κ2) is 6.26. The van der Waals surface area contributed by atoms with Crippen molar-refractivity contribution in [2.75, 3.05) is 0 Å². The molecule has 0 unspecified atom stereocenters. The fourth-order valence-corrected chi connectivity index (χ4v) is 4.24.